The maximum atomic E-state index is 13.2. The lowest BCUT2D eigenvalue weighted by atomic mass is 9.30. The van der Waals surface area contributed by atoms with Gasteiger partial charge in [-0.3, -0.25) is 28.8 Å². The first-order valence-electron chi connectivity index (χ1n) is 14.4. The van der Waals surface area contributed by atoms with Gasteiger partial charge in [0, 0.05) is 34.6 Å². The fourth-order valence-electron chi connectivity index (χ4n) is 8.53. The predicted octanol–water partition coefficient (Wildman–Crippen LogP) is -0.415. The lowest BCUT2D eigenvalue weighted by Gasteiger charge is -2.78. The molecular weight excluding hydrogens is 600 g/mol. The van der Waals surface area contributed by atoms with Crippen molar-refractivity contribution in [3.63, 3.8) is 0 Å². The molecule has 5 rings (SSSR count). The second-order valence-corrected chi connectivity index (χ2v) is 12.4. The quantitative estimate of drug-likeness (QED) is 0.215. The summed E-state index contributed by atoms with van der Waals surface area (Å²) in [6, 6.07) is 0. The Morgan fingerprint density at radius 3 is 1.96 bits per heavy atom. The minimum absolute atomic E-state index is 0.127. The van der Waals surface area contributed by atoms with E-state index in [1.54, 1.807) is 0 Å². The van der Waals surface area contributed by atoms with E-state index in [-0.39, 0.29) is 12.2 Å². The van der Waals surface area contributed by atoms with Gasteiger partial charge in [0.1, 0.15) is 5.60 Å². The third kappa shape index (κ3) is 4.06. The Kier molecular flexibility index (Phi) is 7.49. The van der Waals surface area contributed by atoms with E-state index >= 15 is 0 Å². The van der Waals surface area contributed by atoms with Gasteiger partial charge < -0.3 is 43.4 Å². The molecule has 5 aliphatic rings. The van der Waals surface area contributed by atoms with Gasteiger partial charge in [-0.15, -0.1) is 0 Å². The minimum atomic E-state index is -2.55. The Morgan fingerprint density at radius 1 is 0.911 bits per heavy atom. The van der Waals surface area contributed by atoms with Crippen LogP contribution >= 0.6 is 0 Å². The Labute approximate surface area is 257 Å². The van der Waals surface area contributed by atoms with E-state index in [9.17, 15) is 39.0 Å². The van der Waals surface area contributed by atoms with Crippen molar-refractivity contribution in [2.24, 2.45) is 17.3 Å². The number of carbonyl (C=O) groups is 6. The highest BCUT2D eigenvalue weighted by Gasteiger charge is 3.00. The molecule has 15 heteroatoms. The summed E-state index contributed by atoms with van der Waals surface area (Å²) in [6.07, 6.45) is -2.34. The molecule has 0 bridgehead atoms. The number of aliphatic hydroxyl groups excluding tert-OH is 1. The Balaban J connectivity index is 1.96. The number of hydrogen-bond acceptors (Lipinski definition) is 15. The first-order chi connectivity index (χ1) is 20.9. The van der Waals surface area contributed by atoms with Gasteiger partial charge in [0.05, 0.1) is 30.5 Å². The maximum absolute atomic E-state index is 13.2. The van der Waals surface area contributed by atoms with E-state index in [0.29, 0.717) is 0 Å². The molecule has 2 saturated heterocycles. The van der Waals surface area contributed by atoms with Gasteiger partial charge in [-0.1, -0.05) is 13.0 Å². The summed E-state index contributed by atoms with van der Waals surface area (Å²) < 4.78 is 41.1. The third-order valence-electron chi connectivity index (χ3n) is 9.86. The summed E-state index contributed by atoms with van der Waals surface area (Å²) in [5.74, 6) is -8.21. The highest BCUT2D eigenvalue weighted by atomic mass is 16.7. The van der Waals surface area contributed by atoms with Crippen LogP contribution in [0.3, 0.4) is 0 Å². The summed E-state index contributed by atoms with van der Waals surface area (Å²) in [5.41, 5.74) is -10.7. The number of rotatable bonds is 6. The molecule has 0 aromatic rings. The van der Waals surface area contributed by atoms with Crippen molar-refractivity contribution >= 4 is 35.8 Å². The van der Waals surface area contributed by atoms with E-state index in [2.05, 4.69) is 0 Å². The maximum Gasteiger partial charge on any atom is 0.312 e. The number of carbonyl (C=O) groups excluding carboxylic acids is 6. The molecule has 246 valence electrons. The van der Waals surface area contributed by atoms with E-state index in [0.717, 1.165) is 34.6 Å². The van der Waals surface area contributed by atoms with Crippen LogP contribution in [0.15, 0.2) is 23.8 Å². The van der Waals surface area contributed by atoms with Crippen molar-refractivity contribution in [2.45, 2.75) is 95.3 Å². The smallest absolute Gasteiger partial charge is 0.312 e. The zero-order valence-electron chi connectivity index (χ0n) is 25.8. The Hall–Kier alpha value is -3.82. The van der Waals surface area contributed by atoms with Crippen LogP contribution in [0, 0.1) is 17.3 Å². The number of aliphatic hydroxyl groups is 2. The van der Waals surface area contributed by atoms with Crippen LogP contribution in [0.5, 0.6) is 0 Å². The molecule has 4 fully saturated rings. The predicted molar refractivity (Wildman–Crippen MR) is 144 cm³/mol. The molecule has 2 aliphatic heterocycles. The minimum Gasteiger partial charge on any atom is -0.458 e. The lowest BCUT2D eigenvalue weighted by Crippen LogP contribution is -2.97. The van der Waals surface area contributed by atoms with E-state index < -0.39 is 106 Å². The van der Waals surface area contributed by atoms with E-state index in [1.807, 2.05) is 0 Å². The van der Waals surface area contributed by atoms with Gasteiger partial charge in [0.2, 0.25) is 0 Å². The molecule has 0 radical (unpaired) electrons. The highest BCUT2D eigenvalue weighted by molar-refractivity contribution is 5.80. The highest BCUT2D eigenvalue weighted by Crippen LogP contribution is 2.80. The summed E-state index contributed by atoms with van der Waals surface area (Å²) in [6.45, 7) is 7.35. The van der Waals surface area contributed by atoms with Gasteiger partial charge >= 0.3 is 35.8 Å². The molecule has 1 spiro atoms. The molecule has 0 aromatic carbocycles. The topological polar surface area (TPSA) is 211 Å². The first-order valence-corrected chi connectivity index (χ1v) is 14.4. The Bertz CT molecular complexity index is 1430. The van der Waals surface area contributed by atoms with Gasteiger partial charge in [-0.05, 0) is 24.6 Å². The zero-order valence-corrected chi connectivity index (χ0v) is 25.8. The molecule has 11 atom stereocenters. The number of fused-ring (bicyclic) bond motifs is 7. The molecule has 2 N–H and O–H groups in total. The molecule has 0 aromatic heterocycles. The van der Waals surface area contributed by atoms with Gasteiger partial charge in [0.25, 0.3) is 0 Å². The number of epoxide rings is 1. The van der Waals surface area contributed by atoms with Crippen molar-refractivity contribution in [3.8, 4) is 0 Å². The van der Waals surface area contributed by atoms with Crippen LogP contribution in [0.25, 0.3) is 0 Å². The molecule has 2 saturated carbocycles. The number of esters is 6. The molecule has 0 unspecified atom stereocenters. The van der Waals surface area contributed by atoms with Crippen molar-refractivity contribution < 1.29 is 72.1 Å². The van der Waals surface area contributed by atoms with E-state index in [4.69, 9.17) is 33.2 Å². The van der Waals surface area contributed by atoms with Crippen molar-refractivity contribution in [3.05, 3.63) is 23.8 Å². The SMILES string of the molecule is CC(=O)O[C@H]1[C@@H](OC(C)=O)[C@]2(CO2)[C@H]2[C@](C)([C@H]1OC(C)=O)[C@]1(OC(C)=O)/C=C\C(CO)=C/[C@@H]3OC(=O)[C@H](C)[C@@]3(O)[C@]21OC(C)=O. The molecular formula is C30H36O15. The van der Waals surface area contributed by atoms with E-state index in [1.165, 1.54) is 32.1 Å². The molecule has 45 heavy (non-hydrogen) atoms. The monoisotopic (exact) mass is 636 g/mol. The average molecular weight is 637 g/mol. The fraction of sp³-hybridized carbons (Fsp3) is 0.667. The summed E-state index contributed by atoms with van der Waals surface area (Å²) in [5, 5.41) is 23.1. The van der Waals surface area contributed by atoms with Crippen LogP contribution in [0.1, 0.15) is 48.5 Å². The molecule has 15 nitrogen and oxygen atoms in total. The van der Waals surface area contributed by atoms with Crippen LogP contribution in [0.2, 0.25) is 0 Å². The number of ether oxygens (including phenoxy) is 7. The van der Waals surface area contributed by atoms with Gasteiger partial charge in [-0.25, -0.2) is 0 Å². The van der Waals surface area contributed by atoms with Gasteiger partial charge in [0.15, 0.2) is 41.2 Å². The number of hydrogen-bond donors (Lipinski definition) is 2. The summed E-state index contributed by atoms with van der Waals surface area (Å²) in [4.78, 5) is 77.1. The molecule has 3 aliphatic carbocycles. The average Bonchev–Trinajstić information content (AvgIpc) is 3.67. The second-order valence-electron chi connectivity index (χ2n) is 12.4. The summed E-state index contributed by atoms with van der Waals surface area (Å²) >= 11 is 0. The lowest BCUT2D eigenvalue weighted by molar-refractivity contribution is -0.434. The molecule has 2 heterocycles. The fourth-order valence-corrected chi connectivity index (χ4v) is 8.53. The van der Waals surface area contributed by atoms with Crippen LogP contribution in [-0.4, -0.2) is 106 Å². The van der Waals surface area contributed by atoms with Crippen molar-refractivity contribution in [2.75, 3.05) is 13.2 Å². The van der Waals surface area contributed by atoms with Crippen LogP contribution < -0.4 is 0 Å². The van der Waals surface area contributed by atoms with Gasteiger partial charge in [-0.2, -0.15) is 0 Å². The third-order valence-corrected chi connectivity index (χ3v) is 9.86. The van der Waals surface area contributed by atoms with Crippen LogP contribution in [-0.2, 0) is 61.9 Å². The van der Waals surface area contributed by atoms with Crippen molar-refractivity contribution in [1.29, 1.82) is 0 Å². The molecule has 0 amide bonds. The normalized spacial score (nSPS) is 45.7. The summed E-state index contributed by atoms with van der Waals surface area (Å²) in [7, 11) is 0. The van der Waals surface area contributed by atoms with Crippen molar-refractivity contribution in [1.82, 2.24) is 0 Å². The second kappa shape index (κ2) is 10.4. The Morgan fingerprint density at radius 2 is 1.47 bits per heavy atom. The standard InChI is InChI=1S/C30H36O15/c1-13-24(37)43-20-10-19(11-31)8-9-28(44-17(5)35)26(7)22(41-15(3)33)21(40-14(2)32)23(42-16(4)34)27(12-39-27)25(26)30(28,29(13,20)38)45-18(6)36/h8-10,13,20-23,25,31,38H,11-12H2,1-7H3/b9-8-,19-10+/t13-,20-,21+,22-,23+,25+,26-,27+,28+,29-,30-/m0/s1. The van der Waals surface area contributed by atoms with Crippen LogP contribution in [0.4, 0.5) is 0 Å². The first kappa shape index (κ1) is 32.6. The zero-order chi connectivity index (χ0) is 33.5. The largest absolute Gasteiger partial charge is 0.458 e.